The van der Waals surface area contributed by atoms with Gasteiger partial charge in [0.15, 0.2) is 18.2 Å². The van der Waals surface area contributed by atoms with Crippen molar-refractivity contribution < 1.29 is 33.7 Å². The standard InChI is InChI=1S/C17H19F2N5O5/c18-9-1-8(2-10(19)3-9)5-28-24-7-22-16-12(15(24)20)21-6-23(16)17-14(27)13(26)11(4-25)29-17/h1-3,6-7,11,13-15,17,25-27H,4-5,20H2/t11-,13?,14?,15?,17-/m1/s1. The third-order valence-corrected chi connectivity index (χ3v) is 4.74. The number of rotatable bonds is 5. The molecule has 0 spiro atoms. The van der Waals surface area contributed by atoms with Crippen molar-refractivity contribution >= 4 is 12.2 Å². The molecule has 5 atom stereocenters. The van der Waals surface area contributed by atoms with Crippen LogP contribution in [0.25, 0.3) is 0 Å². The zero-order chi connectivity index (χ0) is 20.7. The maximum absolute atomic E-state index is 13.3. The molecule has 10 nitrogen and oxygen atoms in total. The second kappa shape index (κ2) is 7.74. The Bertz CT molecular complexity index is 905. The van der Waals surface area contributed by atoms with Crippen LogP contribution in [-0.4, -0.2) is 61.2 Å². The lowest BCUT2D eigenvalue weighted by Crippen LogP contribution is -2.36. The topological polar surface area (TPSA) is 139 Å². The van der Waals surface area contributed by atoms with Gasteiger partial charge in [-0.15, -0.1) is 0 Å². The number of benzene rings is 1. The number of nitrogens with two attached hydrogens (primary N) is 1. The normalized spacial score (nSPS) is 28.8. The molecule has 1 aromatic carbocycles. The minimum atomic E-state index is -1.30. The molecule has 2 aliphatic rings. The van der Waals surface area contributed by atoms with Crippen molar-refractivity contribution in [2.75, 3.05) is 6.61 Å². The van der Waals surface area contributed by atoms with Crippen LogP contribution in [0, 0.1) is 11.6 Å². The van der Waals surface area contributed by atoms with Crippen LogP contribution in [0.3, 0.4) is 0 Å². The number of hydrogen-bond acceptors (Lipinski definition) is 9. The highest BCUT2D eigenvalue weighted by atomic mass is 19.1. The molecule has 0 amide bonds. The van der Waals surface area contributed by atoms with Crippen LogP contribution in [0.1, 0.15) is 23.7 Å². The molecule has 156 valence electrons. The van der Waals surface area contributed by atoms with Gasteiger partial charge in [0.05, 0.1) is 12.9 Å². The Morgan fingerprint density at radius 3 is 2.55 bits per heavy atom. The molecule has 1 fully saturated rings. The Morgan fingerprint density at radius 1 is 1.17 bits per heavy atom. The summed E-state index contributed by atoms with van der Waals surface area (Å²) >= 11 is 0. The van der Waals surface area contributed by atoms with Gasteiger partial charge in [-0.1, -0.05) is 0 Å². The number of aliphatic hydroxyl groups is 3. The summed E-state index contributed by atoms with van der Waals surface area (Å²) in [5.41, 5.74) is 6.71. The third kappa shape index (κ3) is 3.61. The first kappa shape index (κ1) is 19.8. The summed E-state index contributed by atoms with van der Waals surface area (Å²) < 4.78 is 33.5. The zero-order valence-electron chi connectivity index (χ0n) is 15.0. The number of imidazole rings is 1. The molecule has 0 bridgehead atoms. The second-order valence-electron chi connectivity index (χ2n) is 6.69. The molecular formula is C17H19F2N5O5. The van der Waals surface area contributed by atoms with E-state index in [4.69, 9.17) is 15.3 Å². The maximum Gasteiger partial charge on any atom is 0.165 e. The number of halogens is 2. The minimum Gasteiger partial charge on any atom is -0.394 e. The summed E-state index contributed by atoms with van der Waals surface area (Å²) in [6.07, 6.45) is -2.80. The van der Waals surface area contributed by atoms with Crippen LogP contribution in [0.4, 0.5) is 14.6 Å². The Kier molecular flexibility index (Phi) is 5.29. The lowest BCUT2D eigenvalue weighted by atomic mass is 10.1. The van der Waals surface area contributed by atoms with E-state index in [-0.39, 0.29) is 18.0 Å². The summed E-state index contributed by atoms with van der Waals surface area (Å²) in [5, 5.41) is 30.5. The van der Waals surface area contributed by atoms with Crippen LogP contribution in [-0.2, 0) is 16.2 Å². The van der Waals surface area contributed by atoms with Gasteiger partial charge >= 0.3 is 0 Å². The van der Waals surface area contributed by atoms with E-state index >= 15 is 0 Å². The maximum atomic E-state index is 13.3. The Morgan fingerprint density at radius 2 is 1.90 bits per heavy atom. The summed E-state index contributed by atoms with van der Waals surface area (Å²) in [5.74, 6) is -1.16. The lowest BCUT2D eigenvalue weighted by molar-refractivity contribution is -0.136. The highest BCUT2D eigenvalue weighted by molar-refractivity contribution is 5.64. The van der Waals surface area contributed by atoms with E-state index in [0.29, 0.717) is 5.69 Å². The van der Waals surface area contributed by atoms with E-state index in [1.165, 1.54) is 22.3 Å². The van der Waals surface area contributed by atoms with Crippen molar-refractivity contribution in [3.63, 3.8) is 0 Å². The summed E-state index contributed by atoms with van der Waals surface area (Å²) in [6, 6.07) is 3.03. The number of aliphatic hydroxyl groups excluding tert-OH is 3. The number of aliphatic imine (C=N–C) groups is 1. The molecule has 1 saturated heterocycles. The number of hydroxylamine groups is 2. The Balaban J connectivity index is 1.50. The number of nitrogens with zero attached hydrogens (tertiary/aromatic N) is 4. The zero-order valence-corrected chi connectivity index (χ0v) is 15.0. The first-order valence-electron chi connectivity index (χ1n) is 8.74. The Labute approximate surface area is 163 Å². The molecule has 3 heterocycles. The average Bonchev–Trinajstić information content (AvgIpc) is 3.22. The molecule has 5 N–H and O–H groups in total. The first-order chi connectivity index (χ1) is 13.9. The largest absolute Gasteiger partial charge is 0.394 e. The number of fused-ring (bicyclic) bond motifs is 1. The molecule has 12 heteroatoms. The SMILES string of the molecule is NC1c2ncn([C@@H]3O[C@H](CO)C(O)C3O)c2N=CN1OCc1cc(F)cc(F)c1. The van der Waals surface area contributed by atoms with Crippen molar-refractivity contribution in [3.05, 3.63) is 47.4 Å². The molecule has 0 saturated carbocycles. The van der Waals surface area contributed by atoms with Crippen LogP contribution in [0.2, 0.25) is 0 Å². The Hall–Kier alpha value is -2.48. The highest BCUT2D eigenvalue weighted by Crippen LogP contribution is 2.37. The van der Waals surface area contributed by atoms with Gasteiger partial charge in [0.25, 0.3) is 0 Å². The predicted octanol–water partition coefficient (Wildman–Crippen LogP) is -0.163. The van der Waals surface area contributed by atoms with Gasteiger partial charge in [-0.2, -0.15) is 0 Å². The summed E-state index contributed by atoms with van der Waals surface area (Å²) in [7, 11) is 0. The third-order valence-electron chi connectivity index (χ3n) is 4.74. The summed E-state index contributed by atoms with van der Waals surface area (Å²) in [4.78, 5) is 13.9. The molecule has 2 aromatic rings. The lowest BCUT2D eigenvalue weighted by Gasteiger charge is -2.28. The van der Waals surface area contributed by atoms with Crippen LogP contribution >= 0.6 is 0 Å². The van der Waals surface area contributed by atoms with Gasteiger partial charge in [-0.05, 0) is 17.7 Å². The first-order valence-corrected chi connectivity index (χ1v) is 8.74. The van der Waals surface area contributed by atoms with Crippen molar-refractivity contribution in [2.45, 2.75) is 37.3 Å². The molecule has 1 aromatic heterocycles. The number of aromatic nitrogens is 2. The highest BCUT2D eigenvalue weighted by Gasteiger charge is 2.44. The van der Waals surface area contributed by atoms with Gasteiger partial charge in [0.2, 0.25) is 0 Å². The van der Waals surface area contributed by atoms with Gasteiger partial charge in [-0.3, -0.25) is 9.40 Å². The number of hydrogen-bond donors (Lipinski definition) is 4. The molecule has 4 rings (SSSR count). The monoisotopic (exact) mass is 411 g/mol. The summed E-state index contributed by atoms with van der Waals surface area (Å²) in [6.45, 7) is -0.615. The fourth-order valence-corrected chi connectivity index (χ4v) is 3.27. The van der Waals surface area contributed by atoms with Gasteiger partial charge in [-0.25, -0.2) is 23.8 Å². The van der Waals surface area contributed by atoms with Gasteiger partial charge in [0.1, 0.15) is 48.6 Å². The number of ether oxygens (including phenoxy) is 1. The van der Waals surface area contributed by atoms with Crippen molar-refractivity contribution in [2.24, 2.45) is 10.7 Å². The van der Waals surface area contributed by atoms with E-state index in [1.807, 2.05) is 0 Å². The fourth-order valence-electron chi connectivity index (χ4n) is 3.27. The predicted molar refractivity (Wildman–Crippen MR) is 93.3 cm³/mol. The van der Waals surface area contributed by atoms with Crippen molar-refractivity contribution in [3.8, 4) is 0 Å². The average molecular weight is 411 g/mol. The quantitative estimate of drug-likeness (QED) is 0.532. The molecular weight excluding hydrogens is 392 g/mol. The molecule has 2 aliphatic heterocycles. The van der Waals surface area contributed by atoms with Crippen molar-refractivity contribution in [1.82, 2.24) is 14.6 Å². The van der Waals surface area contributed by atoms with E-state index in [2.05, 4.69) is 9.98 Å². The van der Waals surface area contributed by atoms with E-state index in [1.54, 1.807) is 0 Å². The smallest absolute Gasteiger partial charge is 0.165 e. The van der Waals surface area contributed by atoms with Gasteiger partial charge in [0, 0.05) is 6.07 Å². The van der Waals surface area contributed by atoms with Crippen LogP contribution < -0.4 is 5.73 Å². The fraction of sp³-hybridized carbons (Fsp3) is 0.412. The van der Waals surface area contributed by atoms with Crippen LogP contribution in [0.15, 0.2) is 29.5 Å². The molecule has 29 heavy (non-hydrogen) atoms. The van der Waals surface area contributed by atoms with E-state index in [0.717, 1.165) is 18.2 Å². The van der Waals surface area contributed by atoms with E-state index in [9.17, 15) is 24.1 Å². The van der Waals surface area contributed by atoms with Crippen molar-refractivity contribution in [1.29, 1.82) is 0 Å². The van der Waals surface area contributed by atoms with Gasteiger partial charge < -0.3 is 25.8 Å². The molecule has 3 unspecified atom stereocenters. The van der Waals surface area contributed by atoms with E-state index < -0.39 is 48.9 Å². The second-order valence-corrected chi connectivity index (χ2v) is 6.69. The molecule has 0 radical (unpaired) electrons. The minimum absolute atomic E-state index is 0.154. The van der Waals surface area contributed by atoms with Crippen LogP contribution in [0.5, 0.6) is 0 Å². The molecule has 0 aliphatic carbocycles.